The molecule has 0 N–H and O–H groups in total. The standard InChI is InChI=1S/C19H16N6O2/c20-10-16-18(22-8-7-21-16)27-13-4-3-9-25(12-13)19(26)17-11-23-14-5-1-2-6-15(14)24-17/h1-2,5-8,11,13H,3-4,9,12H2. The molecule has 3 aromatic rings. The molecule has 8 heteroatoms. The second-order valence-electron chi connectivity index (χ2n) is 6.20. The Morgan fingerprint density at radius 3 is 2.85 bits per heavy atom. The number of fused-ring (bicyclic) bond motifs is 1. The van der Waals surface area contributed by atoms with Crippen LogP contribution in [0.2, 0.25) is 0 Å². The number of hydrogen-bond donors (Lipinski definition) is 0. The van der Waals surface area contributed by atoms with Crippen molar-refractivity contribution in [2.75, 3.05) is 13.1 Å². The molecule has 1 atom stereocenters. The number of rotatable bonds is 3. The number of ether oxygens (including phenoxy) is 1. The Hall–Kier alpha value is -3.60. The van der Waals surface area contributed by atoms with Gasteiger partial charge in [0, 0.05) is 18.9 Å². The number of carbonyl (C=O) groups excluding carboxylic acids is 1. The lowest BCUT2D eigenvalue weighted by molar-refractivity contribution is 0.0521. The van der Waals surface area contributed by atoms with Gasteiger partial charge >= 0.3 is 0 Å². The van der Waals surface area contributed by atoms with E-state index in [1.807, 2.05) is 30.3 Å². The highest BCUT2D eigenvalue weighted by atomic mass is 16.5. The van der Waals surface area contributed by atoms with E-state index in [-0.39, 0.29) is 23.6 Å². The van der Waals surface area contributed by atoms with Crippen molar-refractivity contribution >= 4 is 16.9 Å². The summed E-state index contributed by atoms with van der Waals surface area (Å²) in [6, 6.07) is 9.40. The molecule has 134 valence electrons. The molecular weight excluding hydrogens is 344 g/mol. The minimum atomic E-state index is -0.250. The van der Waals surface area contributed by atoms with E-state index in [0.717, 1.165) is 18.4 Å². The largest absolute Gasteiger partial charge is 0.470 e. The number of para-hydroxylation sites is 2. The highest BCUT2D eigenvalue weighted by Crippen LogP contribution is 2.20. The minimum absolute atomic E-state index is 0.140. The van der Waals surface area contributed by atoms with Gasteiger partial charge in [0.25, 0.3) is 11.8 Å². The smallest absolute Gasteiger partial charge is 0.274 e. The predicted octanol–water partition coefficient (Wildman–Crippen LogP) is 1.98. The summed E-state index contributed by atoms with van der Waals surface area (Å²) >= 11 is 0. The number of likely N-dealkylation sites (tertiary alicyclic amines) is 1. The third-order valence-electron chi connectivity index (χ3n) is 4.38. The van der Waals surface area contributed by atoms with Gasteiger partial charge in [-0.25, -0.2) is 15.0 Å². The van der Waals surface area contributed by atoms with Crippen LogP contribution in [0, 0.1) is 11.3 Å². The van der Waals surface area contributed by atoms with Crippen LogP contribution in [0.5, 0.6) is 5.88 Å². The maximum Gasteiger partial charge on any atom is 0.274 e. The number of piperidine rings is 1. The zero-order valence-corrected chi connectivity index (χ0v) is 14.4. The lowest BCUT2D eigenvalue weighted by Crippen LogP contribution is -2.44. The van der Waals surface area contributed by atoms with Crippen LogP contribution >= 0.6 is 0 Å². The predicted molar refractivity (Wildman–Crippen MR) is 95.8 cm³/mol. The average Bonchev–Trinajstić information content (AvgIpc) is 2.73. The molecule has 1 unspecified atom stereocenters. The molecule has 0 saturated carbocycles. The van der Waals surface area contributed by atoms with Crippen LogP contribution in [-0.4, -0.2) is 49.9 Å². The Labute approximate surface area is 155 Å². The second-order valence-corrected chi connectivity index (χ2v) is 6.20. The Balaban J connectivity index is 1.50. The Morgan fingerprint density at radius 2 is 2.00 bits per heavy atom. The molecule has 0 bridgehead atoms. The molecule has 2 aromatic heterocycles. The summed E-state index contributed by atoms with van der Waals surface area (Å²) in [5, 5.41) is 9.11. The highest BCUT2D eigenvalue weighted by molar-refractivity contribution is 5.93. The molecule has 3 heterocycles. The van der Waals surface area contributed by atoms with E-state index in [1.54, 1.807) is 4.90 Å². The van der Waals surface area contributed by atoms with Crippen molar-refractivity contribution in [3.05, 3.63) is 54.2 Å². The monoisotopic (exact) mass is 360 g/mol. The fraction of sp³-hybridized carbons (Fsp3) is 0.263. The summed E-state index contributed by atoms with van der Waals surface area (Å²) in [4.78, 5) is 31.3. The number of aromatic nitrogens is 4. The zero-order chi connectivity index (χ0) is 18.6. The van der Waals surface area contributed by atoms with Crippen molar-refractivity contribution in [3.63, 3.8) is 0 Å². The van der Waals surface area contributed by atoms with Crippen LogP contribution < -0.4 is 4.74 Å². The molecule has 1 amide bonds. The van der Waals surface area contributed by atoms with Crippen LogP contribution in [0.4, 0.5) is 0 Å². The maximum absolute atomic E-state index is 12.9. The van der Waals surface area contributed by atoms with E-state index < -0.39 is 0 Å². The normalized spacial score (nSPS) is 16.7. The molecule has 27 heavy (non-hydrogen) atoms. The van der Waals surface area contributed by atoms with Gasteiger partial charge in [-0.1, -0.05) is 12.1 Å². The summed E-state index contributed by atoms with van der Waals surface area (Å²) in [7, 11) is 0. The van der Waals surface area contributed by atoms with Gasteiger partial charge < -0.3 is 9.64 Å². The molecule has 4 rings (SSSR count). The van der Waals surface area contributed by atoms with Crippen molar-refractivity contribution in [2.45, 2.75) is 18.9 Å². The van der Waals surface area contributed by atoms with Crippen LogP contribution in [0.3, 0.4) is 0 Å². The van der Waals surface area contributed by atoms with Crippen LogP contribution in [0.15, 0.2) is 42.9 Å². The molecule has 0 spiro atoms. The van der Waals surface area contributed by atoms with Crippen molar-refractivity contribution in [1.29, 1.82) is 5.26 Å². The number of nitrogens with zero attached hydrogens (tertiary/aromatic N) is 6. The van der Waals surface area contributed by atoms with Crippen LogP contribution in [-0.2, 0) is 0 Å². The van der Waals surface area contributed by atoms with Gasteiger partial charge in [0.1, 0.15) is 17.9 Å². The van der Waals surface area contributed by atoms with Gasteiger partial charge in [0.2, 0.25) is 5.69 Å². The van der Waals surface area contributed by atoms with Gasteiger partial charge in [-0.2, -0.15) is 5.26 Å². The van der Waals surface area contributed by atoms with Crippen LogP contribution in [0.1, 0.15) is 29.0 Å². The molecule has 1 aliphatic heterocycles. The van der Waals surface area contributed by atoms with E-state index in [9.17, 15) is 4.79 Å². The van der Waals surface area contributed by atoms with E-state index in [2.05, 4.69) is 19.9 Å². The minimum Gasteiger partial charge on any atom is -0.470 e. The molecule has 0 radical (unpaired) electrons. The average molecular weight is 360 g/mol. The van der Waals surface area contributed by atoms with Gasteiger partial charge in [0.05, 0.1) is 23.8 Å². The lowest BCUT2D eigenvalue weighted by Gasteiger charge is -2.32. The zero-order valence-electron chi connectivity index (χ0n) is 14.4. The Kier molecular flexibility index (Phi) is 4.58. The van der Waals surface area contributed by atoms with Crippen molar-refractivity contribution in [3.8, 4) is 11.9 Å². The number of carbonyl (C=O) groups is 1. The van der Waals surface area contributed by atoms with Gasteiger partial charge in [-0.05, 0) is 25.0 Å². The van der Waals surface area contributed by atoms with Crippen molar-refractivity contribution in [2.24, 2.45) is 0 Å². The Morgan fingerprint density at radius 1 is 1.19 bits per heavy atom. The Bertz CT molecular complexity index is 1030. The van der Waals surface area contributed by atoms with Crippen molar-refractivity contribution in [1.82, 2.24) is 24.8 Å². The quantitative estimate of drug-likeness (QED) is 0.703. The molecule has 1 aromatic carbocycles. The van der Waals surface area contributed by atoms with Gasteiger partial charge in [-0.15, -0.1) is 0 Å². The first-order chi connectivity index (χ1) is 13.2. The third-order valence-corrected chi connectivity index (χ3v) is 4.38. The first-order valence-electron chi connectivity index (χ1n) is 8.63. The number of benzene rings is 1. The SMILES string of the molecule is N#Cc1nccnc1OC1CCCN(C(=O)c2cnc3ccccc3n2)C1. The summed E-state index contributed by atoms with van der Waals surface area (Å²) in [5.41, 5.74) is 1.89. The van der Waals surface area contributed by atoms with E-state index in [1.165, 1.54) is 18.6 Å². The lowest BCUT2D eigenvalue weighted by atomic mass is 10.1. The third kappa shape index (κ3) is 3.53. The fourth-order valence-corrected chi connectivity index (χ4v) is 3.09. The summed E-state index contributed by atoms with van der Waals surface area (Å²) < 4.78 is 5.84. The summed E-state index contributed by atoms with van der Waals surface area (Å²) in [6.07, 6.45) is 5.74. The van der Waals surface area contributed by atoms with Gasteiger partial charge in [-0.3, -0.25) is 9.78 Å². The second kappa shape index (κ2) is 7.33. The van der Waals surface area contributed by atoms with Crippen LogP contribution in [0.25, 0.3) is 11.0 Å². The topological polar surface area (TPSA) is 105 Å². The summed E-state index contributed by atoms with van der Waals surface area (Å²) in [5.74, 6) is 0.0194. The fourth-order valence-electron chi connectivity index (χ4n) is 3.09. The first kappa shape index (κ1) is 16.8. The van der Waals surface area contributed by atoms with Gasteiger partial charge in [0.15, 0.2) is 0 Å². The molecule has 1 fully saturated rings. The van der Waals surface area contributed by atoms with E-state index >= 15 is 0 Å². The number of nitriles is 1. The molecule has 8 nitrogen and oxygen atoms in total. The summed E-state index contributed by atoms with van der Waals surface area (Å²) in [6.45, 7) is 1.02. The number of amides is 1. The molecular formula is C19H16N6O2. The molecule has 1 saturated heterocycles. The van der Waals surface area contributed by atoms with E-state index in [0.29, 0.717) is 24.3 Å². The molecule has 1 aliphatic rings. The van der Waals surface area contributed by atoms with E-state index in [4.69, 9.17) is 10.00 Å². The molecule has 0 aliphatic carbocycles. The van der Waals surface area contributed by atoms with Crippen molar-refractivity contribution < 1.29 is 9.53 Å². The number of hydrogen-bond acceptors (Lipinski definition) is 7. The first-order valence-corrected chi connectivity index (χ1v) is 8.63. The highest BCUT2D eigenvalue weighted by Gasteiger charge is 2.27. The maximum atomic E-state index is 12.9.